The average molecular weight is 470 g/mol. The van der Waals surface area contributed by atoms with Crippen molar-refractivity contribution >= 4 is 40.6 Å². The van der Waals surface area contributed by atoms with Gasteiger partial charge in [-0.15, -0.1) is 21.8 Å². The minimum atomic E-state index is -4.01. The lowest BCUT2D eigenvalue weighted by Crippen LogP contribution is -2.26. The van der Waals surface area contributed by atoms with Crippen LogP contribution in [0.15, 0.2) is 28.6 Å². The topological polar surface area (TPSA) is 117 Å². The molecule has 13 heteroatoms. The summed E-state index contributed by atoms with van der Waals surface area (Å²) in [5.41, 5.74) is 0.687. The maximum atomic E-state index is 12.4. The largest absolute Gasteiger partial charge is 0.492 e. The van der Waals surface area contributed by atoms with E-state index < -0.39 is 23.9 Å². The lowest BCUT2D eigenvalue weighted by atomic mass is 10.2. The van der Waals surface area contributed by atoms with Gasteiger partial charge in [-0.2, -0.15) is 4.72 Å². The zero-order valence-corrected chi connectivity index (χ0v) is 18.6. The molecule has 0 fully saturated rings. The predicted molar refractivity (Wildman–Crippen MR) is 108 cm³/mol. The summed E-state index contributed by atoms with van der Waals surface area (Å²) >= 11 is 6.46. The van der Waals surface area contributed by atoms with Crippen LogP contribution >= 0.6 is 30.5 Å². The first kappa shape index (κ1) is 23.2. The van der Waals surface area contributed by atoms with Gasteiger partial charge in [0.1, 0.15) is 23.6 Å². The predicted octanol–water partition coefficient (Wildman–Crippen LogP) is 3.32. The van der Waals surface area contributed by atoms with Gasteiger partial charge in [-0.05, 0) is 38.1 Å². The highest BCUT2D eigenvalue weighted by molar-refractivity contribution is 7.91. The molecule has 0 aliphatic carbocycles. The van der Waals surface area contributed by atoms with Crippen molar-refractivity contribution in [3.63, 3.8) is 0 Å². The van der Waals surface area contributed by atoms with Gasteiger partial charge in [0.15, 0.2) is 0 Å². The summed E-state index contributed by atoms with van der Waals surface area (Å²) in [6.45, 7) is 3.94. The normalized spacial score (nSPS) is 12.2. The van der Waals surface area contributed by atoms with Crippen molar-refractivity contribution in [2.45, 2.75) is 18.2 Å². The van der Waals surface area contributed by atoms with Gasteiger partial charge in [0, 0.05) is 5.56 Å². The molecule has 9 nitrogen and oxygen atoms in total. The molecule has 0 spiro atoms. The van der Waals surface area contributed by atoms with Gasteiger partial charge in [-0.3, -0.25) is 4.57 Å². The lowest BCUT2D eigenvalue weighted by molar-refractivity contribution is 0.219. The number of hydrogen-bond donors (Lipinski definition) is 1. The SMILES string of the molecule is CCOP(=O)(CNS(=O)(=O)c1nnc(-c2ccc(OCCCl)cc2)s1)OCC. The van der Waals surface area contributed by atoms with Crippen molar-refractivity contribution in [1.82, 2.24) is 14.9 Å². The molecule has 0 radical (unpaired) electrons. The Bertz CT molecular complexity index is 897. The number of sulfonamides is 1. The van der Waals surface area contributed by atoms with Gasteiger partial charge in [-0.1, -0.05) is 11.3 Å². The Morgan fingerprint density at radius 2 is 1.79 bits per heavy atom. The molecule has 0 saturated carbocycles. The van der Waals surface area contributed by atoms with Crippen LogP contribution in [-0.4, -0.2) is 50.6 Å². The number of nitrogens with one attached hydrogen (secondary N) is 1. The summed E-state index contributed by atoms with van der Waals surface area (Å²) in [6, 6.07) is 6.95. The Balaban J connectivity index is 2.10. The molecule has 0 unspecified atom stereocenters. The van der Waals surface area contributed by atoms with E-state index in [1.54, 1.807) is 38.1 Å². The van der Waals surface area contributed by atoms with Crippen LogP contribution in [0.5, 0.6) is 5.75 Å². The summed E-state index contributed by atoms with van der Waals surface area (Å²) in [7, 11) is -7.57. The first-order valence-corrected chi connectivity index (χ1v) is 12.9. The van der Waals surface area contributed by atoms with Gasteiger partial charge < -0.3 is 13.8 Å². The third-order valence-electron chi connectivity index (χ3n) is 3.18. The highest BCUT2D eigenvalue weighted by Gasteiger charge is 2.29. The molecule has 1 heterocycles. The molecule has 1 N–H and O–H groups in total. The number of hydrogen-bond acceptors (Lipinski definition) is 9. The van der Waals surface area contributed by atoms with E-state index in [1.807, 2.05) is 0 Å². The van der Waals surface area contributed by atoms with E-state index in [2.05, 4.69) is 14.9 Å². The van der Waals surface area contributed by atoms with Crippen LogP contribution in [0.3, 0.4) is 0 Å². The standard InChI is InChI=1S/C15H21ClN3O6PS2/c1-3-24-26(20,25-4-2)11-17-28(21,22)15-19-18-14(27-15)12-5-7-13(8-6-12)23-10-9-16/h5-8,17H,3-4,9-11H2,1-2H3. The van der Waals surface area contributed by atoms with Crippen molar-refractivity contribution in [3.05, 3.63) is 24.3 Å². The van der Waals surface area contributed by atoms with Gasteiger partial charge in [0.2, 0.25) is 4.34 Å². The second-order valence-corrected chi connectivity index (χ2v) is 10.5. The number of ether oxygens (including phenoxy) is 1. The Labute approximate surface area is 173 Å². The smallest absolute Gasteiger partial charge is 0.345 e. The molecule has 1 aromatic carbocycles. The van der Waals surface area contributed by atoms with E-state index >= 15 is 0 Å². The van der Waals surface area contributed by atoms with Gasteiger partial charge in [0.25, 0.3) is 10.0 Å². The molecule has 0 bridgehead atoms. The maximum Gasteiger partial charge on any atom is 0.345 e. The van der Waals surface area contributed by atoms with Crippen LogP contribution in [0.2, 0.25) is 0 Å². The minimum absolute atomic E-state index is 0.132. The summed E-state index contributed by atoms with van der Waals surface area (Å²) < 4.78 is 54.8. The molecular formula is C15H21ClN3O6PS2. The van der Waals surface area contributed by atoms with E-state index in [4.69, 9.17) is 25.4 Å². The quantitative estimate of drug-likeness (QED) is 0.371. The van der Waals surface area contributed by atoms with E-state index in [0.717, 1.165) is 11.3 Å². The molecule has 0 aliphatic rings. The lowest BCUT2D eigenvalue weighted by Gasteiger charge is -2.16. The van der Waals surface area contributed by atoms with Crippen LogP contribution in [0.1, 0.15) is 13.8 Å². The summed E-state index contributed by atoms with van der Waals surface area (Å²) in [6.07, 6.45) is -0.488. The fourth-order valence-corrected chi connectivity index (χ4v) is 6.17. The number of nitrogens with zero attached hydrogens (tertiary/aromatic N) is 2. The molecule has 2 rings (SSSR count). The highest BCUT2D eigenvalue weighted by atomic mass is 35.5. The average Bonchev–Trinajstić information content (AvgIpc) is 3.17. The molecule has 0 amide bonds. The van der Waals surface area contributed by atoms with Crippen molar-refractivity contribution < 1.29 is 26.8 Å². The van der Waals surface area contributed by atoms with E-state index in [0.29, 0.717) is 28.8 Å². The Morgan fingerprint density at radius 3 is 2.36 bits per heavy atom. The van der Waals surface area contributed by atoms with Crippen molar-refractivity contribution in [3.8, 4) is 16.3 Å². The molecule has 2 aromatic rings. The number of rotatable bonds is 12. The number of halogens is 1. The van der Waals surface area contributed by atoms with Gasteiger partial charge in [0.05, 0.1) is 19.1 Å². The monoisotopic (exact) mass is 469 g/mol. The Kier molecular flexibility index (Phi) is 8.81. The Morgan fingerprint density at radius 1 is 1.14 bits per heavy atom. The van der Waals surface area contributed by atoms with Gasteiger partial charge in [-0.25, -0.2) is 8.42 Å². The fraction of sp³-hybridized carbons (Fsp3) is 0.467. The van der Waals surface area contributed by atoms with E-state index in [9.17, 15) is 13.0 Å². The Hall–Kier alpha value is -1.07. The molecule has 0 atom stereocenters. The fourth-order valence-electron chi connectivity index (χ4n) is 2.03. The highest BCUT2D eigenvalue weighted by Crippen LogP contribution is 2.47. The summed E-state index contributed by atoms with van der Waals surface area (Å²) in [5, 5.41) is 8.06. The number of alkyl halides is 1. The second-order valence-electron chi connectivity index (χ2n) is 5.19. The van der Waals surface area contributed by atoms with Crippen LogP contribution in [-0.2, 0) is 23.6 Å². The van der Waals surface area contributed by atoms with Crippen molar-refractivity contribution in [2.75, 3.05) is 32.0 Å². The number of aromatic nitrogens is 2. The summed E-state index contributed by atoms with van der Waals surface area (Å²) in [5.74, 6) is 1.03. The van der Waals surface area contributed by atoms with Crippen molar-refractivity contribution in [2.24, 2.45) is 0 Å². The van der Waals surface area contributed by atoms with Crippen LogP contribution < -0.4 is 9.46 Å². The summed E-state index contributed by atoms with van der Waals surface area (Å²) in [4.78, 5) is 0. The molecule has 28 heavy (non-hydrogen) atoms. The van der Waals surface area contributed by atoms with E-state index in [1.165, 1.54) is 0 Å². The first-order valence-electron chi connectivity index (χ1n) is 8.34. The van der Waals surface area contributed by atoms with Crippen LogP contribution in [0.4, 0.5) is 0 Å². The van der Waals surface area contributed by atoms with Crippen LogP contribution in [0.25, 0.3) is 10.6 Å². The molecular weight excluding hydrogens is 449 g/mol. The van der Waals surface area contributed by atoms with E-state index in [-0.39, 0.29) is 17.6 Å². The molecule has 156 valence electrons. The molecule has 1 aromatic heterocycles. The second kappa shape index (κ2) is 10.6. The zero-order chi connectivity index (χ0) is 20.6. The molecule has 0 aliphatic heterocycles. The third-order valence-corrected chi connectivity index (χ3v) is 8.14. The van der Waals surface area contributed by atoms with Crippen molar-refractivity contribution in [1.29, 1.82) is 0 Å². The maximum absolute atomic E-state index is 12.4. The zero-order valence-electron chi connectivity index (χ0n) is 15.3. The first-order chi connectivity index (χ1) is 13.3. The molecule has 0 saturated heterocycles. The third kappa shape index (κ3) is 6.48. The minimum Gasteiger partial charge on any atom is -0.492 e. The number of benzene rings is 1. The van der Waals surface area contributed by atoms with Gasteiger partial charge >= 0.3 is 7.60 Å². The van der Waals surface area contributed by atoms with Crippen LogP contribution in [0, 0.1) is 0 Å².